The second-order valence-electron chi connectivity index (χ2n) is 4.76. The summed E-state index contributed by atoms with van der Waals surface area (Å²) >= 11 is 0. The van der Waals surface area contributed by atoms with Gasteiger partial charge in [0.1, 0.15) is 0 Å². The summed E-state index contributed by atoms with van der Waals surface area (Å²) in [5, 5.41) is 0. The minimum absolute atomic E-state index is 0.533. The highest BCUT2D eigenvalue weighted by Gasteiger charge is 2.23. The van der Waals surface area contributed by atoms with Gasteiger partial charge >= 0.3 is 0 Å². The highest BCUT2D eigenvalue weighted by molar-refractivity contribution is 6.77. The minimum Gasteiger partial charge on any atom is -0.456 e. The Morgan fingerprint density at radius 1 is 1.13 bits per heavy atom. The largest absolute Gasteiger partial charge is 0.456 e. The number of benzene rings is 1. The van der Waals surface area contributed by atoms with E-state index in [2.05, 4.69) is 56.5 Å². The first-order valence-corrected chi connectivity index (χ1v) is 11.0. The van der Waals surface area contributed by atoms with Gasteiger partial charge in [-0.2, -0.15) is 0 Å². The summed E-state index contributed by atoms with van der Waals surface area (Å²) in [7, 11) is -1.94. The van der Waals surface area contributed by atoms with Crippen LogP contribution in [0.1, 0.15) is 5.56 Å². The SMILES string of the molecule is C[Si](C)O[Si](C)(C)CCc1ccccc1. The molecule has 0 saturated carbocycles. The summed E-state index contributed by atoms with van der Waals surface area (Å²) in [6, 6.07) is 11.9. The maximum Gasteiger partial charge on any atom is 0.191 e. The quantitative estimate of drug-likeness (QED) is 0.710. The summed E-state index contributed by atoms with van der Waals surface area (Å²) in [6.07, 6.45) is 1.16. The molecule has 0 fully saturated rings. The Balaban J connectivity index is 2.42. The molecule has 1 radical (unpaired) electrons. The van der Waals surface area contributed by atoms with Crippen LogP contribution in [0.5, 0.6) is 0 Å². The molecule has 3 heteroatoms. The van der Waals surface area contributed by atoms with Gasteiger partial charge in [-0.25, -0.2) is 0 Å². The van der Waals surface area contributed by atoms with Crippen molar-refractivity contribution >= 4 is 17.4 Å². The molecule has 0 saturated heterocycles. The topological polar surface area (TPSA) is 9.23 Å². The van der Waals surface area contributed by atoms with E-state index in [-0.39, 0.29) is 0 Å². The maximum atomic E-state index is 6.10. The molecule has 83 valence electrons. The lowest BCUT2D eigenvalue weighted by Crippen LogP contribution is -2.35. The number of hydrogen-bond donors (Lipinski definition) is 0. The van der Waals surface area contributed by atoms with Gasteiger partial charge < -0.3 is 4.12 Å². The van der Waals surface area contributed by atoms with Crippen molar-refractivity contribution in [2.45, 2.75) is 38.7 Å². The van der Waals surface area contributed by atoms with Crippen LogP contribution in [-0.2, 0) is 10.5 Å². The van der Waals surface area contributed by atoms with Gasteiger partial charge in [0, 0.05) is 0 Å². The van der Waals surface area contributed by atoms with Crippen LogP contribution >= 0.6 is 0 Å². The van der Waals surface area contributed by atoms with Gasteiger partial charge in [0.05, 0.1) is 0 Å². The van der Waals surface area contributed by atoms with Crippen LogP contribution in [0, 0.1) is 0 Å². The molecule has 0 N–H and O–H groups in total. The average Bonchev–Trinajstić information content (AvgIpc) is 2.15. The molecule has 0 aliphatic rings. The Kier molecular flexibility index (Phi) is 4.76. The minimum atomic E-state index is -1.40. The lowest BCUT2D eigenvalue weighted by Gasteiger charge is -2.25. The molecule has 0 bridgehead atoms. The van der Waals surface area contributed by atoms with Gasteiger partial charge in [-0.3, -0.25) is 0 Å². The standard InChI is InChI=1S/C12H21OSi2/c1-14(2)13-15(3,4)11-10-12-8-6-5-7-9-12/h5-9H,10-11H2,1-4H3. The van der Waals surface area contributed by atoms with Gasteiger partial charge in [0.15, 0.2) is 17.4 Å². The molecule has 0 atom stereocenters. The van der Waals surface area contributed by atoms with E-state index in [1.165, 1.54) is 11.6 Å². The molecule has 15 heavy (non-hydrogen) atoms. The molecule has 1 nitrogen and oxygen atoms in total. The monoisotopic (exact) mass is 237 g/mol. The Bertz CT molecular complexity index is 283. The summed E-state index contributed by atoms with van der Waals surface area (Å²) in [5.41, 5.74) is 1.43. The van der Waals surface area contributed by atoms with Crippen LogP contribution in [-0.4, -0.2) is 17.4 Å². The molecule has 0 amide bonds. The molecule has 0 aromatic heterocycles. The van der Waals surface area contributed by atoms with E-state index < -0.39 is 17.4 Å². The molecule has 0 spiro atoms. The Hall–Kier alpha value is -0.386. The molecule has 0 heterocycles. The molecule has 0 aliphatic heterocycles. The first kappa shape index (κ1) is 12.7. The van der Waals surface area contributed by atoms with E-state index in [1.54, 1.807) is 0 Å². The van der Waals surface area contributed by atoms with Crippen molar-refractivity contribution < 1.29 is 4.12 Å². The van der Waals surface area contributed by atoms with Crippen LogP contribution in [0.2, 0.25) is 32.2 Å². The normalized spacial score (nSPS) is 12.1. The van der Waals surface area contributed by atoms with E-state index in [9.17, 15) is 0 Å². The lowest BCUT2D eigenvalue weighted by molar-refractivity contribution is 0.569. The third-order valence-corrected chi connectivity index (χ3v) is 7.64. The second-order valence-corrected chi connectivity index (χ2v) is 11.4. The molecule has 1 aromatic rings. The fourth-order valence-electron chi connectivity index (χ4n) is 1.69. The van der Waals surface area contributed by atoms with E-state index >= 15 is 0 Å². The predicted octanol–water partition coefficient (Wildman–Crippen LogP) is 3.70. The number of hydrogen-bond acceptors (Lipinski definition) is 1. The molecule has 0 aliphatic carbocycles. The van der Waals surface area contributed by atoms with Gasteiger partial charge in [-0.1, -0.05) is 30.3 Å². The number of rotatable bonds is 5. The van der Waals surface area contributed by atoms with Crippen molar-refractivity contribution in [3.63, 3.8) is 0 Å². The van der Waals surface area contributed by atoms with E-state index in [0.717, 1.165) is 6.42 Å². The van der Waals surface area contributed by atoms with Crippen molar-refractivity contribution in [3.05, 3.63) is 35.9 Å². The van der Waals surface area contributed by atoms with E-state index in [4.69, 9.17) is 4.12 Å². The molecular formula is C12H21OSi2. The highest BCUT2D eigenvalue weighted by Crippen LogP contribution is 2.16. The fraction of sp³-hybridized carbons (Fsp3) is 0.500. The zero-order valence-corrected chi connectivity index (χ0v) is 12.2. The predicted molar refractivity (Wildman–Crippen MR) is 71.0 cm³/mol. The van der Waals surface area contributed by atoms with Crippen LogP contribution in [0.4, 0.5) is 0 Å². The zero-order valence-electron chi connectivity index (χ0n) is 10.2. The fourth-order valence-corrected chi connectivity index (χ4v) is 7.41. The van der Waals surface area contributed by atoms with Gasteiger partial charge in [0.25, 0.3) is 0 Å². The third kappa shape index (κ3) is 5.30. The first-order chi connectivity index (χ1) is 6.99. The Labute approximate surface area is 96.3 Å². The average molecular weight is 237 g/mol. The Morgan fingerprint density at radius 3 is 2.27 bits per heavy atom. The summed E-state index contributed by atoms with van der Waals surface area (Å²) in [4.78, 5) is 0. The Morgan fingerprint density at radius 2 is 1.73 bits per heavy atom. The van der Waals surface area contributed by atoms with Crippen molar-refractivity contribution in [1.29, 1.82) is 0 Å². The highest BCUT2D eigenvalue weighted by atomic mass is 28.4. The molecule has 0 unspecified atom stereocenters. The first-order valence-electron chi connectivity index (χ1n) is 5.53. The van der Waals surface area contributed by atoms with Crippen molar-refractivity contribution in [2.24, 2.45) is 0 Å². The molecule has 1 rings (SSSR count). The van der Waals surface area contributed by atoms with Crippen molar-refractivity contribution in [1.82, 2.24) is 0 Å². The smallest absolute Gasteiger partial charge is 0.191 e. The van der Waals surface area contributed by atoms with Crippen molar-refractivity contribution in [2.75, 3.05) is 0 Å². The van der Waals surface area contributed by atoms with Gasteiger partial charge in [-0.15, -0.1) is 0 Å². The summed E-state index contributed by atoms with van der Waals surface area (Å²) in [5.74, 6) is 0. The summed E-state index contributed by atoms with van der Waals surface area (Å²) < 4.78 is 6.10. The van der Waals surface area contributed by atoms with Gasteiger partial charge in [-0.05, 0) is 44.2 Å². The van der Waals surface area contributed by atoms with Crippen molar-refractivity contribution in [3.8, 4) is 0 Å². The second kappa shape index (κ2) is 5.63. The molecule has 1 aromatic carbocycles. The summed E-state index contributed by atoms with van der Waals surface area (Å²) in [6.45, 7) is 9.10. The third-order valence-electron chi connectivity index (χ3n) is 2.34. The van der Waals surface area contributed by atoms with Crippen LogP contribution in [0.3, 0.4) is 0 Å². The maximum absolute atomic E-state index is 6.10. The van der Waals surface area contributed by atoms with Crippen LogP contribution < -0.4 is 0 Å². The van der Waals surface area contributed by atoms with Crippen LogP contribution in [0.25, 0.3) is 0 Å². The van der Waals surface area contributed by atoms with Gasteiger partial charge in [0.2, 0.25) is 0 Å². The zero-order chi connectivity index (χ0) is 11.3. The number of aryl methyl sites for hydroxylation is 1. The van der Waals surface area contributed by atoms with E-state index in [1.807, 2.05) is 0 Å². The lowest BCUT2D eigenvalue weighted by atomic mass is 10.2. The van der Waals surface area contributed by atoms with E-state index in [0.29, 0.717) is 0 Å². The molecular weight excluding hydrogens is 216 g/mol. The van der Waals surface area contributed by atoms with Crippen LogP contribution in [0.15, 0.2) is 30.3 Å².